The van der Waals surface area contributed by atoms with Gasteiger partial charge in [0.1, 0.15) is 0 Å². The highest BCUT2D eigenvalue weighted by atomic mass is 16.3. The van der Waals surface area contributed by atoms with Gasteiger partial charge >= 0.3 is 0 Å². The second-order valence-electron chi connectivity index (χ2n) is 5.50. The highest BCUT2D eigenvalue weighted by Gasteiger charge is 2.49. The Labute approximate surface area is 112 Å². The van der Waals surface area contributed by atoms with Gasteiger partial charge in [0.15, 0.2) is 5.76 Å². The highest BCUT2D eigenvalue weighted by molar-refractivity contribution is 5.93. The SMILES string of the molecule is CC(C)N1C(=O)C[C@H]2[C@@H]1CCN2C(=O)c1ccco1. The molecule has 102 valence electrons. The Morgan fingerprint density at radius 2 is 2.21 bits per heavy atom. The smallest absolute Gasteiger partial charge is 0.289 e. The van der Waals surface area contributed by atoms with Crippen LogP contribution < -0.4 is 0 Å². The molecule has 0 radical (unpaired) electrons. The van der Waals surface area contributed by atoms with Gasteiger partial charge in [0, 0.05) is 19.0 Å². The van der Waals surface area contributed by atoms with Crippen LogP contribution in [0.5, 0.6) is 0 Å². The van der Waals surface area contributed by atoms with Gasteiger partial charge in [0.25, 0.3) is 5.91 Å². The molecule has 2 aliphatic heterocycles. The normalized spacial score (nSPS) is 26.4. The van der Waals surface area contributed by atoms with E-state index < -0.39 is 0 Å². The maximum Gasteiger partial charge on any atom is 0.289 e. The molecule has 3 heterocycles. The van der Waals surface area contributed by atoms with E-state index in [1.807, 2.05) is 18.7 Å². The standard InChI is InChI=1S/C14H18N2O3/c1-9(2)16-10-5-6-15(11(10)8-13(16)17)14(18)12-4-3-7-19-12/h3-4,7,9-11H,5-6,8H2,1-2H3/t10-,11-/m0/s1. The second-order valence-corrected chi connectivity index (χ2v) is 5.50. The van der Waals surface area contributed by atoms with Crippen LogP contribution in [-0.2, 0) is 4.79 Å². The van der Waals surface area contributed by atoms with Gasteiger partial charge in [-0.15, -0.1) is 0 Å². The lowest BCUT2D eigenvalue weighted by Crippen LogP contribution is -2.42. The maximum atomic E-state index is 12.3. The van der Waals surface area contributed by atoms with Crippen molar-refractivity contribution in [1.29, 1.82) is 0 Å². The van der Waals surface area contributed by atoms with Crippen molar-refractivity contribution in [2.24, 2.45) is 0 Å². The number of fused-ring (bicyclic) bond motifs is 1. The zero-order chi connectivity index (χ0) is 13.6. The second kappa shape index (κ2) is 4.40. The molecule has 0 aromatic carbocycles. The number of hydrogen-bond donors (Lipinski definition) is 0. The van der Waals surface area contributed by atoms with Crippen LogP contribution in [0, 0.1) is 0 Å². The zero-order valence-corrected chi connectivity index (χ0v) is 11.2. The fraction of sp³-hybridized carbons (Fsp3) is 0.571. The Morgan fingerprint density at radius 1 is 1.42 bits per heavy atom. The van der Waals surface area contributed by atoms with Crippen molar-refractivity contribution in [3.05, 3.63) is 24.2 Å². The molecule has 1 aromatic rings. The van der Waals surface area contributed by atoms with Crippen LogP contribution in [0.1, 0.15) is 37.2 Å². The van der Waals surface area contributed by atoms with Crippen molar-refractivity contribution in [3.8, 4) is 0 Å². The van der Waals surface area contributed by atoms with Crippen LogP contribution >= 0.6 is 0 Å². The van der Waals surface area contributed by atoms with E-state index in [0.29, 0.717) is 18.7 Å². The van der Waals surface area contributed by atoms with E-state index in [1.165, 1.54) is 6.26 Å². The Bertz CT molecular complexity index is 495. The Kier molecular flexibility index (Phi) is 2.84. The van der Waals surface area contributed by atoms with Crippen LogP contribution in [0.3, 0.4) is 0 Å². The number of carbonyl (C=O) groups is 2. The first-order valence-corrected chi connectivity index (χ1v) is 6.75. The quantitative estimate of drug-likeness (QED) is 0.811. The van der Waals surface area contributed by atoms with E-state index in [4.69, 9.17) is 4.42 Å². The van der Waals surface area contributed by atoms with Crippen LogP contribution in [0.25, 0.3) is 0 Å². The van der Waals surface area contributed by atoms with Crippen molar-refractivity contribution >= 4 is 11.8 Å². The van der Waals surface area contributed by atoms with Crippen LogP contribution in [0.2, 0.25) is 0 Å². The number of furan rings is 1. The van der Waals surface area contributed by atoms with Gasteiger partial charge in [-0.3, -0.25) is 9.59 Å². The zero-order valence-electron chi connectivity index (χ0n) is 11.2. The number of likely N-dealkylation sites (tertiary alicyclic amines) is 2. The van der Waals surface area contributed by atoms with Crippen molar-refractivity contribution in [1.82, 2.24) is 9.80 Å². The summed E-state index contributed by atoms with van der Waals surface area (Å²) in [7, 11) is 0. The summed E-state index contributed by atoms with van der Waals surface area (Å²) in [4.78, 5) is 28.1. The molecule has 5 heteroatoms. The first-order valence-electron chi connectivity index (χ1n) is 6.75. The predicted molar refractivity (Wildman–Crippen MR) is 68.5 cm³/mol. The molecule has 0 aliphatic carbocycles. The third kappa shape index (κ3) is 1.84. The van der Waals surface area contributed by atoms with E-state index in [-0.39, 0.29) is 29.9 Å². The van der Waals surface area contributed by atoms with Crippen LogP contribution in [-0.4, -0.2) is 46.3 Å². The predicted octanol–water partition coefficient (Wildman–Crippen LogP) is 1.50. The van der Waals surface area contributed by atoms with Crippen molar-refractivity contribution in [2.75, 3.05) is 6.54 Å². The van der Waals surface area contributed by atoms with Crippen molar-refractivity contribution in [3.63, 3.8) is 0 Å². The Balaban J connectivity index is 1.81. The van der Waals surface area contributed by atoms with Gasteiger partial charge in [-0.1, -0.05) is 0 Å². The van der Waals surface area contributed by atoms with Crippen molar-refractivity contribution in [2.45, 2.75) is 44.8 Å². The molecule has 0 saturated carbocycles. The third-order valence-electron chi connectivity index (χ3n) is 4.09. The summed E-state index contributed by atoms with van der Waals surface area (Å²) in [6, 6.07) is 3.76. The molecular weight excluding hydrogens is 244 g/mol. The average molecular weight is 262 g/mol. The fourth-order valence-corrected chi connectivity index (χ4v) is 3.34. The van der Waals surface area contributed by atoms with Crippen LogP contribution in [0.15, 0.2) is 22.8 Å². The summed E-state index contributed by atoms with van der Waals surface area (Å²) in [5.74, 6) is 0.411. The summed E-state index contributed by atoms with van der Waals surface area (Å²) in [6.07, 6.45) is 2.80. The number of amides is 2. The number of rotatable bonds is 2. The monoisotopic (exact) mass is 262 g/mol. The summed E-state index contributed by atoms with van der Waals surface area (Å²) in [6.45, 7) is 4.75. The lowest BCUT2D eigenvalue weighted by molar-refractivity contribution is -0.130. The molecule has 1 aromatic heterocycles. The highest BCUT2D eigenvalue weighted by Crippen LogP contribution is 2.34. The first-order chi connectivity index (χ1) is 9.09. The third-order valence-corrected chi connectivity index (χ3v) is 4.09. The molecule has 19 heavy (non-hydrogen) atoms. The summed E-state index contributed by atoms with van der Waals surface area (Å²) in [5, 5.41) is 0. The molecule has 0 spiro atoms. The molecule has 0 N–H and O–H groups in total. The van der Waals surface area contributed by atoms with Crippen LogP contribution in [0.4, 0.5) is 0 Å². The minimum Gasteiger partial charge on any atom is -0.459 e. The molecular formula is C14H18N2O3. The van der Waals surface area contributed by atoms with Gasteiger partial charge in [-0.25, -0.2) is 0 Å². The summed E-state index contributed by atoms with van der Waals surface area (Å²) in [5.41, 5.74) is 0. The van der Waals surface area contributed by atoms with Gasteiger partial charge in [0.2, 0.25) is 5.91 Å². The largest absolute Gasteiger partial charge is 0.459 e. The van der Waals surface area contributed by atoms with E-state index in [0.717, 1.165) is 6.42 Å². The topological polar surface area (TPSA) is 53.8 Å². The Morgan fingerprint density at radius 3 is 2.84 bits per heavy atom. The molecule has 2 amide bonds. The maximum absolute atomic E-state index is 12.3. The number of hydrogen-bond acceptors (Lipinski definition) is 3. The van der Waals surface area contributed by atoms with E-state index in [9.17, 15) is 9.59 Å². The molecule has 2 saturated heterocycles. The lowest BCUT2D eigenvalue weighted by atomic mass is 10.1. The lowest BCUT2D eigenvalue weighted by Gasteiger charge is -2.28. The summed E-state index contributed by atoms with van der Waals surface area (Å²) < 4.78 is 5.17. The number of nitrogens with zero attached hydrogens (tertiary/aromatic N) is 2. The Hall–Kier alpha value is -1.78. The van der Waals surface area contributed by atoms with E-state index >= 15 is 0 Å². The fourth-order valence-electron chi connectivity index (χ4n) is 3.34. The van der Waals surface area contributed by atoms with Gasteiger partial charge in [-0.05, 0) is 32.4 Å². The van der Waals surface area contributed by atoms with Crippen molar-refractivity contribution < 1.29 is 14.0 Å². The minimum atomic E-state index is -0.101. The van der Waals surface area contributed by atoms with Gasteiger partial charge < -0.3 is 14.2 Å². The number of carbonyl (C=O) groups excluding carboxylic acids is 2. The first kappa shape index (κ1) is 12.3. The van der Waals surface area contributed by atoms with E-state index in [1.54, 1.807) is 17.0 Å². The molecule has 2 atom stereocenters. The molecule has 2 aliphatic rings. The molecule has 2 fully saturated rings. The van der Waals surface area contributed by atoms with Gasteiger partial charge in [0.05, 0.1) is 18.3 Å². The molecule has 0 bridgehead atoms. The van der Waals surface area contributed by atoms with Gasteiger partial charge in [-0.2, -0.15) is 0 Å². The molecule has 5 nitrogen and oxygen atoms in total. The average Bonchev–Trinajstić information content (AvgIpc) is 3.01. The molecule has 3 rings (SSSR count). The summed E-state index contributed by atoms with van der Waals surface area (Å²) >= 11 is 0. The minimum absolute atomic E-state index is 0.00694. The van der Waals surface area contributed by atoms with E-state index in [2.05, 4.69) is 0 Å². The molecule has 0 unspecified atom stereocenters.